The first kappa shape index (κ1) is 15.3. The van der Waals surface area contributed by atoms with E-state index in [1.807, 2.05) is 13.0 Å². The average Bonchev–Trinajstić information content (AvgIpc) is 2.38. The molecule has 0 spiro atoms. The van der Waals surface area contributed by atoms with Crippen LogP contribution in [0.4, 0.5) is 10.1 Å². The first-order chi connectivity index (χ1) is 9.36. The summed E-state index contributed by atoms with van der Waals surface area (Å²) in [6, 6.07) is 5.60. The molecule has 2 rings (SSSR count). The number of hydrogen-bond donors (Lipinski definition) is 1. The number of nitrogens with zero attached hydrogens (tertiary/aromatic N) is 1. The fourth-order valence-electron chi connectivity index (χ4n) is 3.05. The molecule has 0 saturated carbocycles. The van der Waals surface area contributed by atoms with Crippen LogP contribution in [0.1, 0.15) is 39.7 Å². The smallest absolute Gasteiger partial charge is 0.123 e. The summed E-state index contributed by atoms with van der Waals surface area (Å²) < 4.78 is 13.4. The third-order valence-electron chi connectivity index (χ3n) is 4.68. The minimum atomic E-state index is -0.152. The van der Waals surface area contributed by atoms with Gasteiger partial charge in [-0.3, -0.25) is 0 Å². The zero-order valence-corrected chi connectivity index (χ0v) is 13.3. The van der Waals surface area contributed by atoms with Gasteiger partial charge < -0.3 is 10.2 Å². The molecule has 1 heterocycles. The van der Waals surface area contributed by atoms with Crippen molar-refractivity contribution in [3.63, 3.8) is 0 Å². The highest BCUT2D eigenvalue weighted by atomic mass is 19.1. The van der Waals surface area contributed by atoms with Crippen LogP contribution in [0, 0.1) is 18.7 Å². The minimum absolute atomic E-state index is 0.131. The quantitative estimate of drug-likeness (QED) is 0.906. The molecule has 1 aromatic carbocycles. The summed E-state index contributed by atoms with van der Waals surface area (Å²) in [5, 5.41) is 3.69. The van der Waals surface area contributed by atoms with Crippen LogP contribution in [0.3, 0.4) is 0 Å². The van der Waals surface area contributed by atoms with Gasteiger partial charge in [-0.2, -0.15) is 0 Å². The Bertz CT molecular complexity index is 472. The number of piperazine rings is 1. The van der Waals surface area contributed by atoms with Crippen molar-refractivity contribution in [3.8, 4) is 0 Å². The van der Waals surface area contributed by atoms with Crippen LogP contribution in [0.25, 0.3) is 0 Å². The second-order valence-corrected chi connectivity index (χ2v) is 6.67. The van der Waals surface area contributed by atoms with Crippen molar-refractivity contribution < 1.29 is 4.39 Å². The van der Waals surface area contributed by atoms with Crippen LogP contribution in [0.15, 0.2) is 18.2 Å². The molecule has 0 amide bonds. The van der Waals surface area contributed by atoms with Crippen LogP contribution >= 0.6 is 0 Å². The Morgan fingerprint density at radius 2 is 2.15 bits per heavy atom. The van der Waals surface area contributed by atoms with Crippen molar-refractivity contribution in [2.24, 2.45) is 5.92 Å². The van der Waals surface area contributed by atoms with Crippen molar-refractivity contribution in [2.45, 2.75) is 52.6 Å². The molecule has 0 radical (unpaired) electrons. The Morgan fingerprint density at radius 1 is 1.45 bits per heavy atom. The number of nitrogens with one attached hydrogen (secondary N) is 1. The highest BCUT2D eigenvalue weighted by Gasteiger charge is 2.36. The van der Waals surface area contributed by atoms with Crippen molar-refractivity contribution in [1.82, 2.24) is 5.32 Å². The summed E-state index contributed by atoms with van der Waals surface area (Å²) in [6.07, 6.45) is 1.09. The summed E-state index contributed by atoms with van der Waals surface area (Å²) in [7, 11) is 0. The van der Waals surface area contributed by atoms with Crippen LogP contribution < -0.4 is 10.2 Å². The van der Waals surface area contributed by atoms with Crippen molar-refractivity contribution in [1.29, 1.82) is 0 Å². The monoisotopic (exact) mass is 278 g/mol. The van der Waals surface area contributed by atoms with E-state index in [1.54, 1.807) is 12.1 Å². The van der Waals surface area contributed by atoms with E-state index in [0.717, 1.165) is 25.1 Å². The summed E-state index contributed by atoms with van der Waals surface area (Å²) >= 11 is 0. The fraction of sp³-hybridized carbons (Fsp3) is 0.647. The van der Waals surface area contributed by atoms with Crippen molar-refractivity contribution >= 4 is 5.69 Å². The first-order valence-corrected chi connectivity index (χ1v) is 7.64. The van der Waals surface area contributed by atoms with Crippen LogP contribution in [0.5, 0.6) is 0 Å². The fourth-order valence-corrected chi connectivity index (χ4v) is 3.05. The average molecular weight is 278 g/mol. The van der Waals surface area contributed by atoms with Gasteiger partial charge in [-0.25, -0.2) is 4.39 Å². The Kier molecular flexibility index (Phi) is 4.38. The molecule has 1 aliphatic rings. The predicted octanol–water partition coefficient (Wildman–Crippen LogP) is 3.74. The number of aryl methyl sites for hydroxylation is 1. The molecule has 1 fully saturated rings. The van der Waals surface area contributed by atoms with E-state index in [1.165, 1.54) is 5.69 Å². The molecule has 3 heteroatoms. The molecule has 2 atom stereocenters. The van der Waals surface area contributed by atoms with E-state index in [-0.39, 0.29) is 11.4 Å². The van der Waals surface area contributed by atoms with Gasteiger partial charge in [0.1, 0.15) is 5.82 Å². The second-order valence-electron chi connectivity index (χ2n) is 6.67. The van der Waals surface area contributed by atoms with Gasteiger partial charge in [0.25, 0.3) is 0 Å². The lowest BCUT2D eigenvalue weighted by Crippen LogP contribution is -2.64. The molecule has 0 aliphatic carbocycles. The van der Waals surface area contributed by atoms with E-state index < -0.39 is 0 Å². The predicted molar refractivity (Wildman–Crippen MR) is 83.8 cm³/mol. The Hall–Kier alpha value is -1.09. The van der Waals surface area contributed by atoms with Gasteiger partial charge in [-0.05, 0) is 49.9 Å². The molecular formula is C17H27FN2. The van der Waals surface area contributed by atoms with Gasteiger partial charge in [-0.15, -0.1) is 0 Å². The number of anilines is 1. The third kappa shape index (κ3) is 2.98. The van der Waals surface area contributed by atoms with Crippen molar-refractivity contribution in [2.75, 3.05) is 18.0 Å². The molecular weight excluding hydrogens is 251 g/mol. The Morgan fingerprint density at radius 3 is 2.70 bits per heavy atom. The molecule has 0 aromatic heterocycles. The number of hydrogen-bond acceptors (Lipinski definition) is 2. The maximum absolute atomic E-state index is 13.4. The first-order valence-electron chi connectivity index (χ1n) is 7.64. The highest BCUT2D eigenvalue weighted by molar-refractivity contribution is 5.55. The Labute approximate surface area is 122 Å². The molecule has 112 valence electrons. The molecule has 2 nitrogen and oxygen atoms in total. The molecule has 1 aliphatic heterocycles. The summed E-state index contributed by atoms with van der Waals surface area (Å²) in [5.41, 5.74) is 2.33. The van der Waals surface area contributed by atoms with Gasteiger partial charge in [0, 0.05) is 30.4 Å². The van der Waals surface area contributed by atoms with E-state index in [9.17, 15) is 4.39 Å². The SMILES string of the molecule is CCC1(C)CN(c2ccc(F)cc2C)C(C(C)C)CN1. The highest BCUT2D eigenvalue weighted by Crippen LogP contribution is 2.30. The van der Waals surface area contributed by atoms with Gasteiger partial charge in [0.15, 0.2) is 0 Å². The summed E-state index contributed by atoms with van der Waals surface area (Å²) in [6.45, 7) is 13.0. The molecule has 1 aromatic rings. The molecule has 1 N–H and O–H groups in total. The van der Waals surface area contributed by atoms with Gasteiger partial charge in [0.2, 0.25) is 0 Å². The number of rotatable bonds is 3. The lowest BCUT2D eigenvalue weighted by Gasteiger charge is -2.49. The maximum Gasteiger partial charge on any atom is 0.123 e. The largest absolute Gasteiger partial charge is 0.365 e. The summed E-state index contributed by atoms with van der Waals surface area (Å²) in [5.74, 6) is 0.411. The van der Waals surface area contributed by atoms with Crippen LogP contribution in [-0.2, 0) is 0 Å². The maximum atomic E-state index is 13.4. The zero-order chi connectivity index (χ0) is 14.9. The Balaban J connectivity index is 2.36. The van der Waals surface area contributed by atoms with E-state index in [0.29, 0.717) is 12.0 Å². The minimum Gasteiger partial charge on any atom is -0.365 e. The number of halogens is 1. The molecule has 20 heavy (non-hydrogen) atoms. The van der Waals surface area contributed by atoms with E-state index in [2.05, 4.69) is 37.9 Å². The molecule has 2 unspecified atom stereocenters. The van der Waals surface area contributed by atoms with Crippen LogP contribution in [-0.4, -0.2) is 24.7 Å². The van der Waals surface area contributed by atoms with Crippen LogP contribution in [0.2, 0.25) is 0 Å². The lowest BCUT2D eigenvalue weighted by molar-refractivity contribution is 0.252. The lowest BCUT2D eigenvalue weighted by atomic mass is 9.89. The third-order valence-corrected chi connectivity index (χ3v) is 4.68. The van der Waals surface area contributed by atoms with E-state index >= 15 is 0 Å². The molecule has 1 saturated heterocycles. The zero-order valence-electron chi connectivity index (χ0n) is 13.3. The van der Waals surface area contributed by atoms with Crippen molar-refractivity contribution in [3.05, 3.63) is 29.6 Å². The topological polar surface area (TPSA) is 15.3 Å². The number of benzene rings is 1. The van der Waals surface area contributed by atoms with Gasteiger partial charge in [-0.1, -0.05) is 20.8 Å². The summed E-state index contributed by atoms with van der Waals surface area (Å²) in [4.78, 5) is 2.47. The normalized spacial score (nSPS) is 27.1. The van der Waals surface area contributed by atoms with Gasteiger partial charge >= 0.3 is 0 Å². The van der Waals surface area contributed by atoms with Gasteiger partial charge in [0.05, 0.1) is 0 Å². The second kappa shape index (κ2) is 5.72. The molecule has 0 bridgehead atoms. The standard InChI is InChI=1S/C17H27FN2/c1-6-17(5)11-20(16(10-19-17)12(2)3)15-8-7-14(18)9-13(15)4/h7-9,12,16,19H,6,10-11H2,1-5H3. The van der Waals surface area contributed by atoms with E-state index in [4.69, 9.17) is 0 Å².